The van der Waals surface area contributed by atoms with E-state index < -0.39 is 10.0 Å². The van der Waals surface area contributed by atoms with Crippen molar-refractivity contribution in [1.82, 2.24) is 4.90 Å². The topological polar surface area (TPSA) is 59.1 Å². The molecule has 0 bridgehead atoms. The fraction of sp³-hybridized carbons (Fsp3) is 0.357. The fourth-order valence-corrected chi connectivity index (χ4v) is 6.76. The summed E-state index contributed by atoms with van der Waals surface area (Å²) in [5, 5.41) is 0. The van der Waals surface area contributed by atoms with E-state index in [9.17, 15) is 8.42 Å². The van der Waals surface area contributed by atoms with Crippen LogP contribution in [0.25, 0.3) is 0 Å². The summed E-state index contributed by atoms with van der Waals surface area (Å²) in [4.78, 5) is 2.71. The average molecular weight is 495 g/mol. The molecule has 7 heteroatoms. The van der Waals surface area contributed by atoms with Gasteiger partial charge in [0.1, 0.15) is 0 Å². The number of likely N-dealkylation sites (tertiary alicyclic amines) is 1. The molecule has 1 heterocycles. The summed E-state index contributed by atoms with van der Waals surface area (Å²) < 4.78 is 40.6. The molecule has 35 heavy (non-hydrogen) atoms. The molecular weight excluding hydrogens is 460 g/mol. The molecule has 4 rings (SSSR count). The Morgan fingerprint density at radius 2 is 1.57 bits per heavy atom. The van der Waals surface area contributed by atoms with Crippen molar-refractivity contribution in [3.05, 3.63) is 83.4 Å². The third-order valence-corrected chi connectivity index (χ3v) is 8.73. The van der Waals surface area contributed by atoms with E-state index in [1.807, 2.05) is 62.4 Å². The maximum absolute atomic E-state index is 13.9. The van der Waals surface area contributed by atoms with E-state index >= 15 is 0 Å². The maximum atomic E-state index is 13.9. The molecule has 6 nitrogen and oxygen atoms in total. The second-order valence-corrected chi connectivity index (χ2v) is 10.8. The Bertz CT molecular complexity index is 1250. The SMILES string of the molecule is COc1cccc(CN2CCC(N(c3ccc(C)cc3)S(=O)(=O)c3ccccc3C)CC2)c1OC. The van der Waals surface area contributed by atoms with E-state index in [0.29, 0.717) is 10.6 Å². The Kier molecular flexibility index (Phi) is 7.67. The smallest absolute Gasteiger partial charge is 0.264 e. The van der Waals surface area contributed by atoms with E-state index in [1.165, 1.54) is 0 Å². The average Bonchev–Trinajstić information content (AvgIpc) is 2.86. The Hall–Kier alpha value is -3.03. The van der Waals surface area contributed by atoms with Crippen molar-refractivity contribution < 1.29 is 17.9 Å². The highest BCUT2D eigenvalue weighted by Gasteiger charge is 2.35. The van der Waals surface area contributed by atoms with Gasteiger partial charge in [0.05, 0.1) is 24.8 Å². The van der Waals surface area contributed by atoms with Gasteiger partial charge in [0, 0.05) is 31.2 Å². The summed E-state index contributed by atoms with van der Waals surface area (Å²) >= 11 is 0. The minimum absolute atomic E-state index is 0.120. The highest BCUT2D eigenvalue weighted by atomic mass is 32.2. The monoisotopic (exact) mass is 494 g/mol. The van der Waals surface area contributed by atoms with E-state index in [2.05, 4.69) is 11.0 Å². The first-order valence-corrected chi connectivity index (χ1v) is 13.4. The first-order valence-electron chi connectivity index (χ1n) is 11.9. The van der Waals surface area contributed by atoms with Gasteiger partial charge in [0.2, 0.25) is 0 Å². The Balaban J connectivity index is 1.58. The van der Waals surface area contributed by atoms with Gasteiger partial charge >= 0.3 is 0 Å². The third kappa shape index (κ3) is 5.31. The summed E-state index contributed by atoms with van der Waals surface area (Å²) in [6.07, 6.45) is 1.48. The van der Waals surface area contributed by atoms with Gasteiger partial charge in [-0.1, -0.05) is 48.0 Å². The van der Waals surface area contributed by atoms with Gasteiger partial charge in [-0.05, 0) is 56.5 Å². The Morgan fingerprint density at radius 1 is 0.886 bits per heavy atom. The normalized spacial score (nSPS) is 15.1. The van der Waals surface area contributed by atoms with Crippen LogP contribution in [0.4, 0.5) is 5.69 Å². The number of anilines is 1. The lowest BCUT2D eigenvalue weighted by atomic mass is 10.0. The molecule has 1 saturated heterocycles. The van der Waals surface area contributed by atoms with Gasteiger partial charge in [-0.15, -0.1) is 0 Å². The number of benzene rings is 3. The van der Waals surface area contributed by atoms with E-state index in [-0.39, 0.29) is 6.04 Å². The second-order valence-electron chi connectivity index (χ2n) is 9.06. The molecule has 3 aromatic carbocycles. The molecule has 0 N–H and O–H groups in total. The van der Waals surface area contributed by atoms with Crippen LogP contribution in [0, 0.1) is 13.8 Å². The molecule has 186 valence electrons. The molecule has 1 aliphatic heterocycles. The first kappa shape index (κ1) is 25.1. The van der Waals surface area contributed by atoms with Gasteiger partial charge in [0.15, 0.2) is 11.5 Å². The van der Waals surface area contributed by atoms with Crippen LogP contribution >= 0.6 is 0 Å². The minimum atomic E-state index is -3.72. The van der Waals surface area contributed by atoms with Crippen LogP contribution in [0.3, 0.4) is 0 Å². The van der Waals surface area contributed by atoms with E-state index in [4.69, 9.17) is 9.47 Å². The molecule has 0 atom stereocenters. The number of rotatable bonds is 8. The van der Waals surface area contributed by atoms with Crippen LogP contribution in [-0.4, -0.2) is 46.7 Å². The maximum Gasteiger partial charge on any atom is 0.264 e. The van der Waals surface area contributed by atoms with E-state index in [0.717, 1.165) is 60.7 Å². The van der Waals surface area contributed by atoms with Gasteiger partial charge in [0.25, 0.3) is 10.0 Å². The van der Waals surface area contributed by atoms with Gasteiger partial charge in [-0.25, -0.2) is 8.42 Å². The van der Waals surface area contributed by atoms with Gasteiger partial charge in [-0.3, -0.25) is 9.21 Å². The molecule has 3 aromatic rings. The van der Waals surface area contributed by atoms with Crippen molar-refractivity contribution in [3.8, 4) is 11.5 Å². The van der Waals surface area contributed by atoms with E-state index in [1.54, 1.807) is 30.7 Å². The van der Waals surface area contributed by atoms with Gasteiger partial charge < -0.3 is 9.47 Å². The second kappa shape index (κ2) is 10.7. The Labute approximate surface area is 209 Å². The number of hydrogen-bond donors (Lipinski definition) is 0. The number of para-hydroxylation sites is 1. The molecule has 1 aliphatic rings. The quantitative estimate of drug-likeness (QED) is 0.432. The summed E-state index contributed by atoms with van der Waals surface area (Å²) in [6, 6.07) is 20.8. The molecule has 0 unspecified atom stereocenters. The minimum Gasteiger partial charge on any atom is -0.493 e. The molecule has 0 radical (unpaired) electrons. The van der Waals surface area contributed by atoms with Crippen molar-refractivity contribution in [2.45, 2.75) is 44.2 Å². The van der Waals surface area contributed by atoms with Crippen LogP contribution in [-0.2, 0) is 16.6 Å². The number of nitrogens with zero attached hydrogens (tertiary/aromatic N) is 2. The highest BCUT2D eigenvalue weighted by molar-refractivity contribution is 7.93. The number of ether oxygens (including phenoxy) is 2. The third-order valence-electron chi connectivity index (χ3n) is 6.69. The molecule has 0 spiro atoms. The lowest BCUT2D eigenvalue weighted by Gasteiger charge is -2.39. The first-order chi connectivity index (χ1) is 16.8. The number of hydrogen-bond acceptors (Lipinski definition) is 5. The summed E-state index contributed by atoms with van der Waals surface area (Å²) in [7, 11) is -0.418. The molecule has 0 aliphatic carbocycles. The molecule has 0 saturated carbocycles. The van der Waals surface area contributed by atoms with Crippen LogP contribution in [0.2, 0.25) is 0 Å². The standard InChI is InChI=1S/C28H34N2O4S/c1-21-12-14-24(15-13-21)30(35(31,32)27-11-6-5-8-22(27)2)25-16-18-29(19-17-25)20-23-9-7-10-26(33-3)28(23)34-4/h5-15,25H,16-20H2,1-4H3. The number of aryl methyl sites for hydroxylation is 2. The van der Waals surface area contributed by atoms with Crippen molar-refractivity contribution >= 4 is 15.7 Å². The molecule has 0 amide bonds. The van der Waals surface area contributed by atoms with Gasteiger partial charge in [-0.2, -0.15) is 0 Å². The largest absolute Gasteiger partial charge is 0.493 e. The lowest BCUT2D eigenvalue weighted by Crippen LogP contribution is -2.47. The van der Waals surface area contributed by atoms with Crippen molar-refractivity contribution in [1.29, 1.82) is 0 Å². The Morgan fingerprint density at radius 3 is 2.20 bits per heavy atom. The summed E-state index contributed by atoms with van der Waals surface area (Å²) in [5.41, 5.74) is 3.64. The summed E-state index contributed by atoms with van der Waals surface area (Å²) in [6.45, 7) is 6.16. The molecule has 1 fully saturated rings. The number of methoxy groups -OCH3 is 2. The zero-order valence-corrected chi connectivity index (χ0v) is 21.7. The predicted octanol–water partition coefficient (Wildman–Crippen LogP) is 5.18. The van der Waals surface area contributed by atoms with Crippen LogP contribution in [0.1, 0.15) is 29.5 Å². The van der Waals surface area contributed by atoms with Crippen molar-refractivity contribution in [2.75, 3.05) is 31.6 Å². The number of sulfonamides is 1. The fourth-order valence-electron chi connectivity index (χ4n) is 4.82. The zero-order chi connectivity index (χ0) is 25.0. The summed E-state index contributed by atoms with van der Waals surface area (Å²) in [5.74, 6) is 1.47. The van der Waals surface area contributed by atoms with Crippen LogP contribution in [0.15, 0.2) is 71.6 Å². The lowest BCUT2D eigenvalue weighted by molar-refractivity contribution is 0.203. The highest BCUT2D eigenvalue weighted by Crippen LogP contribution is 2.34. The molecular formula is C28H34N2O4S. The van der Waals surface area contributed by atoms with Crippen molar-refractivity contribution in [3.63, 3.8) is 0 Å². The predicted molar refractivity (Wildman–Crippen MR) is 140 cm³/mol. The van der Waals surface area contributed by atoms with Crippen molar-refractivity contribution in [2.24, 2.45) is 0 Å². The van der Waals surface area contributed by atoms with Crippen LogP contribution < -0.4 is 13.8 Å². The van der Waals surface area contributed by atoms with Crippen LogP contribution in [0.5, 0.6) is 11.5 Å². The number of piperidine rings is 1. The molecule has 0 aromatic heterocycles. The zero-order valence-electron chi connectivity index (χ0n) is 20.9.